The molecule has 0 fully saturated rings. The lowest BCUT2D eigenvalue weighted by Crippen LogP contribution is -2.47. The summed E-state index contributed by atoms with van der Waals surface area (Å²) in [6, 6.07) is 13.5. The highest BCUT2D eigenvalue weighted by Gasteiger charge is 2.28. The number of pyridine rings is 1. The second-order valence-corrected chi connectivity index (χ2v) is 6.69. The number of nitrogens with zero attached hydrogens (tertiary/aromatic N) is 2. The van der Waals surface area contributed by atoms with E-state index in [4.69, 9.17) is 28.6 Å². The molecular formula is C20H17ClN2O2S. The summed E-state index contributed by atoms with van der Waals surface area (Å²) in [6.45, 7) is 2.26. The maximum Gasteiger partial charge on any atom is 0.237 e. The van der Waals surface area contributed by atoms with E-state index in [9.17, 15) is 4.79 Å². The van der Waals surface area contributed by atoms with Gasteiger partial charge in [0.25, 0.3) is 0 Å². The summed E-state index contributed by atoms with van der Waals surface area (Å²) in [6.07, 6.45) is 5.28. The van der Waals surface area contributed by atoms with Gasteiger partial charge in [-0.1, -0.05) is 11.6 Å². The van der Waals surface area contributed by atoms with E-state index in [1.54, 1.807) is 41.2 Å². The van der Waals surface area contributed by atoms with Crippen LogP contribution >= 0.6 is 11.6 Å². The van der Waals surface area contributed by atoms with Gasteiger partial charge in [0.2, 0.25) is 11.8 Å². The molecule has 3 aromatic rings. The van der Waals surface area contributed by atoms with E-state index in [1.165, 1.54) is 0 Å². The summed E-state index contributed by atoms with van der Waals surface area (Å²) in [5.41, 5.74) is 1.55. The fourth-order valence-electron chi connectivity index (χ4n) is 2.57. The molecule has 6 heteroatoms. The highest BCUT2D eigenvalue weighted by atomic mass is 35.5. The lowest BCUT2D eigenvalue weighted by Gasteiger charge is -2.18. The van der Waals surface area contributed by atoms with Gasteiger partial charge in [-0.2, -0.15) is 4.57 Å². The summed E-state index contributed by atoms with van der Waals surface area (Å²) in [5.74, 6) is 0.560. The van der Waals surface area contributed by atoms with Gasteiger partial charge in [0.05, 0.1) is 12.8 Å². The Labute approximate surface area is 162 Å². The van der Waals surface area contributed by atoms with Crippen LogP contribution in [0.1, 0.15) is 27.7 Å². The average molecular weight is 385 g/mol. The summed E-state index contributed by atoms with van der Waals surface area (Å²) in [5, 5.41) is 0.878. The molecule has 1 atom stereocenters. The van der Waals surface area contributed by atoms with Crippen molar-refractivity contribution in [3.8, 4) is 0 Å². The molecule has 132 valence electrons. The molecule has 0 amide bonds. The number of furan rings is 1. The summed E-state index contributed by atoms with van der Waals surface area (Å²) in [4.78, 5) is 17.5. The van der Waals surface area contributed by atoms with Crippen LogP contribution in [0.5, 0.6) is 0 Å². The predicted octanol–water partition coefficient (Wildman–Crippen LogP) is 4.10. The number of Topliss-reactive ketones (excluding diaryl/α,β-unsaturated/α-hetero) is 1. The van der Waals surface area contributed by atoms with Crippen LogP contribution in [0.4, 0.5) is 0 Å². The van der Waals surface area contributed by atoms with Crippen molar-refractivity contribution in [2.24, 2.45) is 4.99 Å². The zero-order chi connectivity index (χ0) is 18.5. The second kappa shape index (κ2) is 8.25. The lowest BCUT2D eigenvalue weighted by atomic mass is 10.0. The Morgan fingerprint density at radius 2 is 2.00 bits per heavy atom. The molecule has 0 saturated heterocycles. The first-order valence-corrected chi connectivity index (χ1v) is 8.84. The average Bonchev–Trinajstić information content (AvgIpc) is 3.14. The fourth-order valence-corrected chi connectivity index (χ4v) is 2.99. The molecule has 4 nitrogen and oxygen atoms in total. The molecule has 0 saturated carbocycles. The standard InChI is InChI=1S/C20H17ClN2O2S/c1-14-4-2-10-23(13-14)18(19(24)15-6-8-16(21)9-7-15)20(26)22-12-17-5-3-11-25-17/h2-11,13,18H,12H2,1H3/t18-/m0/s1. The quantitative estimate of drug-likeness (QED) is 0.211. The molecule has 0 aliphatic heterocycles. The van der Waals surface area contributed by atoms with E-state index < -0.39 is 6.04 Å². The van der Waals surface area contributed by atoms with Crippen molar-refractivity contribution < 1.29 is 13.8 Å². The van der Waals surface area contributed by atoms with Gasteiger partial charge < -0.3 is 22.0 Å². The van der Waals surface area contributed by atoms with E-state index >= 15 is 0 Å². The van der Waals surface area contributed by atoms with Gasteiger partial charge in [0.1, 0.15) is 5.76 Å². The highest BCUT2D eigenvalue weighted by Crippen LogP contribution is 2.16. The number of carbonyl (C=O) groups excluding carboxylic acids is 1. The van der Waals surface area contributed by atoms with Crippen LogP contribution < -0.4 is 4.57 Å². The first kappa shape index (κ1) is 18.3. The van der Waals surface area contributed by atoms with Gasteiger partial charge in [-0.05, 0) is 54.4 Å². The molecule has 0 bridgehead atoms. The Balaban J connectivity index is 1.97. The Hall–Kier alpha value is -2.50. The second-order valence-electron chi connectivity index (χ2n) is 5.84. The molecule has 2 heterocycles. The van der Waals surface area contributed by atoms with E-state index in [0.717, 1.165) is 5.56 Å². The van der Waals surface area contributed by atoms with E-state index in [1.807, 2.05) is 37.5 Å². The van der Waals surface area contributed by atoms with Crippen LogP contribution in [-0.2, 0) is 19.2 Å². The van der Waals surface area contributed by atoms with Crippen LogP contribution in [-0.4, -0.2) is 10.8 Å². The summed E-state index contributed by atoms with van der Waals surface area (Å²) in [7, 11) is 0. The van der Waals surface area contributed by atoms with E-state index in [-0.39, 0.29) is 5.78 Å². The Kier molecular flexibility index (Phi) is 5.81. The Morgan fingerprint density at radius 1 is 1.23 bits per heavy atom. The molecule has 0 aliphatic carbocycles. The van der Waals surface area contributed by atoms with Gasteiger partial charge >= 0.3 is 0 Å². The SMILES string of the molecule is Cc1ccc[n+]([C@@H](C(=O)c2ccc(Cl)cc2)C([S-])=NCc2ccco2)c1. The Bertz CT molecular complexity index is 921. The van der Waals surface area contributed by atoms with Crippen molar-refractivity contribution >= 4 is 35.1 Å². The van der Waals surface area contributed by atoms with Gasteiger partial charge in [-0.3, -0.25) is 4.79 Å². The first-order valence-electron chi connectivity index (χ1n) is 8.05. The number of hydrogen-bond acceptors (Lipinski definition) is 4. The van der Waals surface area contributed by atoms with Gasteiger partial charge in [0.15, 0.2) is 12.4 Å². The molecule has 0 aliphatic rings. The van der Waals surface area contributed by atoms with Gasteiger partial charge in [-0.15, -0.1) is 0 Å². The van der Waals surface area contributed by atoms with E-state index in [2.05, 4.69) is 4.99 Å². The minimum absolute atomic E-state index is 0.134. The normalized spacial score (nSPS) is 12.8. The smallest absolute Gasteiger partial charge is 0.237 e. The van der Waals surface area contributed by atoms with Gasteiger partial charge in [0, 0.05) is 22.2 Å². The minimum atomic E-state index is -0.707. The van der Waals surface area contributed by atoms with Crippen LogP contribution in [0.15, 0.2) is 76.6 Å². The molecule has 26 heavy (non-hydrogen) atoms. The zero-order valence-corrected chi connectivity index (χ0v) is 15.7. The molecule has 1 aromatic carbocycles. The minimum Gasteiger partial charge on any atom is -0.758 e. The predicted molar refractivity (Wildman–Crippen MR) is 103 cm³/mol. The number of hydrogen-bond donors (Lipinski definition) is 0. The third-order valence-corrected chi connectivity index (χ3v) is 4.45. The molecule has 0 spiro atoms. The highest BCUT2D eigenvalue weighted by molar-refractivity contribution is 7.77. The number of halogens is 1. The number of carbonyl (C=O) groups is 1. The number of benzene rings is 1. The summed E-state index contributed by atoms with van der Waals surface area (Å²) < 4.78 is 7.08. The first-order chi connectivity index (χ1) is 12.5. The third-order valence-electron chi connectivity index (χ3n) is 3.85. The van der Waals surface area contributed by atoms with Crippen molar-refractivity contribution in [2.75, 3.05) is 0 Å². The van der Waals surface area contributed by atoms with Crippen molar-refractivity contribution in [1.29, 1.82) is 0 Å². The van der Waals surface area contributed by atoms with Crippen LogP contribution in [0.2, 0.25) is 5.02 Å². The van der Waals surface area contributed by atoms with Crippen LogP contribution in [0.3, 0.4) is 0 Å². The number of rotatable bonds is 6. The maximum absolute atomic E-state index is 13.1. The number of ketones is 1. The molecule has 0 N–H and O–H groups in total. The van der Waals surface area contributed by atoms with Crippen LogP contribution in [0.25, 0.3) is 0 Å². The molecule has 3 rings (SSSR count). The maximum atomic E-state index is 13.1. The monoisotopic (exact) mass is 384 g/mol. The number of aliphatic imine (C=N–C) groups is 1. The zero-order valence-electron chi connectivity index (χ0n) is 14.1. The fraction of sp³-hybridized carbons (Fsp3) is 0.150. The largest absolute Gasteiger partial charge is 0.758 e. The van der Waals surface area contributed by atoms with Crippen molar-refractivity contribution in [3.05, 3.63) is 89.1 Å². The van der Waals surface area contributed by atoms with E-state index in [0.29, 0.717) is 27.9 Å². The number of aryl methyl sites for hydroxylation is 1. The van der Waals surface area contributed by atoms with Crippen molar-refractivity contribution in [3.63, 3.8) is 0 Å². The number of aromatic nitrogens is 1. The molecule has 0 unspecified atom stereocenters. The third kappa shape index (κ3) is 4.36. The van der Waals surface area contributed by atoms with Crippen molar-refractivity contribution in [2.45, 2.75) is 19.5 Å². The topological polar surface area (TPSA) is 46.5 Å². The van der Waals surface area contributed by atoms with Gasteiger partial charge in [-0.25, -0.2) is 0 Å². The lowest BCUT2D eigenvalue weighted by molar-refractivity contribution is -0.692. The van der Waals surface area contributed by atoms with Crippen LogP contribution in [0, 0.1) is 6.92 Å². The summed E-state index contributed by atoms with van der Waals surface area (Å²) >= 11 is 11.4. The molecule has 2 aromatic heterocycles. The molecule has 0 radical (unpaired) electrons. The molecular weight excluding hydrogens is 368 g/mol. The Morgan fingerprint density at radius 3 is 2.65 bits per heavy atom. The van der Waals surface area contributed by atoms with Crippen molar-refractivity contribution in [1.82, 2.24) is 0 Å².